The van der Waals surface area contributed by atoms with Crippen molar-refractivity contribution in [3.05, 3.63) is 39.9 Å². The molecule has 1 N–H and O–H groups in total. The molecule has 0 aliphatic carbocycles. The molecule has 6 heteroatoms. The molecule has 0 fully saturated rings. The minimum absolute atomic E-state index is 0.0525. The van der Waals surface area contributed by atoms with Gasteiger partial charge in [-0.2, -0.15) is 5.26 Å². The minimum Gasteiger partial charge on any atom is -0.300 e. The molecule has 0 aromatic heterocycles. The van der Waals surface area contributed by atoms with Gasteiger partial charge in [-0.15, -0.1) is 0 Å². The molecule has 6 nitrogen and oxygen atoms in total. The first kappa shape index (κ1) is 11.1. The van der Waals surface area contributed by atoms with Crippen molar-refractivity contribution in [3.8, 4) is 0 Å². The predicted octanol–water partition coefficient (Wildman–Crippen LogP) is 1.71. The van der Waals surface area contributed by atoms with Gasteiger partial charge in [0, 0.05) is 12.1 Å². The Morgan fingerprint density at radius 1 is 1.47 bits per heavy atom. The first-order chi connectivity index (χ1) is 7.06. The van der Waals surface area contributed by atoms with Crippen molar-refractivity contribution in [2.24, 2.45) is 0 Å². The van der Waals surface area contributed by atoms with Crippen LogP contribution in [0, 0.1) is 10.1 Å². The Bertz CT molecular complexity index is 373. The number of nitro benzene ring substituents is 1. The van der Waals surface area contributed by atoms with Crippen LogP contribution < -0.4 is 0 Å². The molecular formula is C9H9NO5. The van der Waals surface area contributed by atoms with Crippen molar-refractivity contribution in [3.63, 3.8) is 0 Å². The Labute approximate surface area is 85.2 Å². The fourth-order valence-electron chi connectivity index (χ4n) is 1.10. The highest BCUT2D eigenvalue weighted by atomic mass is 17.1. The summed E-state index contributed by atoms with van der Waals surface area (Å²) in [5.74, 6) is -1.46. The maximum Gasteiger partial charge on any atom is 0.349 e. The van der Waals surface area contributed by atoms with Gasteiger partial charge < -0.3 is 4.89 Å². The molecule has 0 bridgehead atoms. The van der Waals surface area contributed by atoms with E-state index >= 15 is 0 Å². The smallest absolute Gasteiger partial charge is 0.300 e. The van der Waals surface area contributed by atoms with Crippen LogP contribution in [-0.2, 0) is 9.68 Å². The second kappa shape index (κ2) is 4.52. The number of nitrogens with zero attached hydrogens (tertiary/aromatic N) is 1. The summed E-state index contributed by atoms with van der Waals surface area (Å²) in [6.45, 7) is 1.53. The van der Waals surface area contributed by atoms with E-state index in [2.05, 4.69) is 4.89 Å². The van der Waals surface area contributed by atoms with E-state index in [1.807, 2.05) is 0 Å². The van der Waals surface area contributed by atoms with Gasteiger partial charge in [0.05, 0.1) is 10.8 Å². The summed E-state index contributed by atoms with van der Waals surface area (Å²) in [7, 11) is 0. The van der Waals surface area contributed by atoms with E-state index in [-0.39, 0.29) is 5.69 Å². The predicted molar refractivity (Wildman–Crippen MR) is 50.2 cm³/mol. The molecule has 1 rings (SSSR count). The quantitative estimate of drug-likeness (QED) is 0.467. The van der Waals surface area contributed by atoms with Gasteiger partial charge >= 0.3 is 5.97 Å². The number of rotatable bonds is 3. The van der Waals surface area contributed by atoms with Gasteiger partial charge in [0.25, 0.3) is 5.69 Å². The number of nitro groups is 1. The van der Waals surface area contributed by atoms with E-state index in [1.165, 1.54) is 31.2 Å². The molecule has 1 aromatic carbocycles. The molecule has 0 unspecified atom stereocenters. The Hall–Kier alpha value is -1.95. The molecule has 0 amide bonds. The lowest BCUT2D eigenvalue weighted by Gasteiger charge is -2.06. The van der Waals surface area contributed by atoms with Crippen molar-refractivity contribution in [2.75, 3.05) is 0 Å². The number of carbonyl (C=O) groups excluding carboxylic acids is 1. The summed E-state index contributed by atoms with van der Waals surface area (Å²) in [4.78, 5) is 24.3. The van der Waals surface area contributed by atoms with Crippen molar-refractivity contribution in [1.82, 2.24) is 0 Å². The lowest BCUT2D eigenvalue weighted by atomic mass is 10.0. The van der Waals surface area contributed by atoms with Crippen LogP contribution in [0.15, 0.2) is 24.3 Å². The molecule has 1 atom stereocenters. The molecule has 80 valence electrons. The van der Waals surface area contributed by atoms with Gasteiger partial charge in [-0.05, 0) is 12.5 Å². The summed E-state index contributed by atoms with van der Waals surface area (Å²) >= 11 is 0. The largest absolute Gasteiger partial charge is 0.349 e. The summed E-state index contributed by atoms with van der Waals surface area (Å²) in [5, 5.41) is 18.5. The lowest BCUT2D eigenvalue weighted by molar-refractivity contribution is -0.384. The third kappa shape index (κ3) is 2.50. The third-order valence-corrected chi connectivity index (χ3v) is 2.05. The van der Waals surface area contributed by atoms with Crippen molar-refractivity contribution in [2.45, 2.75) is 12.8 Å². The highest BCUT2D eigenvalue weighted by Gasteiger charge is 2.17. The Balaban J connectivity index is 2.89. The summed E-state index contributed by atoms with van der Waals surface area (Å²) in [6, 6.07) is 5.46. The van der Waals surface area contributed by atoms with Gasteiger partial charge in [-0.25, -0.2) is 4.79 Å². The number of hydrogen-bond donors (Lipinski definition) is 1. The number of benzene rings is 1. The highest BCUT2D eigenvalue weighted by molar-refractivity contribution is 5.77. The summed E-state index contributed by atoms with van der Waals surface area (Å²) in [5.41, 5.74) is 0.489. The zero-order valence-electron chi connectivity index (χ0n) is 7.91. The zero-order valence-corrected chi connectivity index (χ0v) is 7.91. The van der Waals surface area contributed by atoms with Crippen LogP contribution >= 0.6 is 0 Å². The van der Waals surface area contributed by atoms with Crippen molar-refractivity contribution >= 4 is 11.7 Å². The maximum atomic E-state index is 10.9. The third-order valence-electron chi connectivity index (χ3n) is 2.05. The lowest BCUT2D eigenvalue weighted by Crippen LogP contribution is -2.10. The Morgan fingerprint density at radius 2 is 2.00 bits per heavy atom. The first-order valence-electron chi connectivity index (χ1n) is 4.16. The van der Waals surface area contributed by atoms with E-state index < -0.39 is 16.8 Å². The van der Waals surface area contributed by atoms with E-state index in [4.69, 9.17) is 5.26 Å². The van der Waals surface area contributed by atoms with Crippen LogP contribution in [0.1, 0.15) is 18.4 Å². The molecule has 0 saturated heterocycles. The second-order valence-electron chi connectivity index (χ2n) is 2.98. The molecule has 0 aliphatic rings. The maximum absolute atomic E-state index is 10.9. The van der Waals surface area contributed by atoms with E-state index in [0.29, 0.717) is 5.56 Å². The Kier molecular flexibility index (Phi) is 3.35. The standard InChI is InChI=1S/C9H9NO5/c1-6(9(11)15-14)7-2-4-8(5-3-7)10(12)13/h2-6,14H,1H3/t6-/m0/s1. The van der Waals surface area contributed by atoms with Gasteiger partial charge in [-0.1, -0.05) is 12.1 Å². The van der Waals surface area contributed by atoms with Crippen molar-refractivity contribution in [1.29, 1.82) is 0 Å². The average molecular weight is 211 g/mol. The van der Waals surface area contributed by atoms with Gasteiger partial charge in [0.1, 0.15) is 0 Å². The van der Waals surface area contributed by atoms with Gasteiger partial charge in [0.2, 0.25) is 0 Å². The highest BCUT2D eigenvalue weighted by Crippen LogP contribution is 2.19. The van der Waals surface area contributed by atoms with E-state index in [9.17, 15) is 14.9 Å². The monoisotopic (exact) mass is 211 g/mol. The molecule has 0 radical (unpaired) electrons. The normalized spacial score (nSPS) is 11.9. The van der Waals surface area contributed by atoms with Crippen LogP contribution in [0.3, 0.4) is 0 Å². The van der Waals surface area contributed by atoms with E-state index in [0.717, 1.165) is 0 Å². The van der Waals surface area contributed by atoms with Crippen LogP contribution in [-0.4, -0.2) is 16.1 Å². The van der Waals surface area contributed by atoms with E-state index in [1.54, 1.807) is 0 Å². The molecule has 0 spiro atoms. The van der Waals surface area contributed by atoms with Gasteiger partial charge in [0.15, 0.2) is 0 Å². The SMILES string of the molecule is C[C@H](C(=O)OO)c1ccc([N+](=O)[O-])cc1. The molecule has 0 heterocycles. The topological polar surface area (TPSA) is 89.7 Å². The summed E-state index contributed by atoms with van der Waals surface area (Å²) < 4.78 is 0. The Morgan fingerprint density at radius 3 is 2.40 bits per heavy atom. The van der Waals surface area contributed by atoms with Crippen LogP contribution in [0.4, 0.5) is 5.69 Å². The fourth-order valence-corrected chi connectivity index (χ4v) is 1.10. The average Bonchev–Trinajstić information content (AvgIpc) is 2.27. The fraction of sp³-hybridized carbons (Fsp3) is 0.222. The van der Waals surface area contributed by atoms with Crippen molar-refractivity contribution < 1.29 is 19.9 Å². The first-order valence-corrected chi connectivity index (χ1v) is 4.16. The van der Waals surface area contributed by atoms with Crippen LogP contribution in [0.25, 0.3) is 0 Å². The number of carbonyl (C=O) groups is 1. The van der Waals surface area contributed by atoms with Crippen LogP contribution in [0.5, 0.6) is 0 Å². The molecule has 15 heavy (non-hydrogen) atoms. The number of hydrogen-bond acceptors (Lipinski definition) is 5. The van der Waals surface area contributed by atoms with Gasteiger partial charge in [-0.3, -0.25) is 10.1 Å². The van der Waals surface area contributed by atoms with Crippen LogP contribution in [0.2, 0.25) is 0 Å². The molecule has 0 saturated carbocycles. The minimum atomic E-state index is -0.802. The molecule has 1 aromatic rings. The molecular weight excluding hydrogens is 202 g/mol. The zero-order chi connectivity index (χ0) is 11.4. The number of non-ortho nitro benzene ring substituents is 1. The second-order valence-corrected chi connectivity index (χ2v) is 2.98. The summed E-state index contributed by atoms with van der Waals surface area (Å²) in [6.07, 6.45) is 0. The molecule has 0 aliphatic heterocycles.